The topological polar surface area (TPSA) is 30.7 Å². The average molecular weight is 127 g/mol. The third-order valence-electron chi connectivity index (χ3n) is 1.31. The molecule has 1 heterocycles. The van der Waals surface area contributed by atoms with Gasteiger partial charge in [0.2, 0.25) is 0 Å². The maximum absolute atomic E-state index is 3.83. The van der Waals surface area contributed by atoms with Crippen LogP contribution < -0.4 is 0 Å². The van der Waals surface area contributed by atoms with E-state index < -0.39 is 0 Å². The van der Waals surface area contributed by atoms with Crippen LogP contribution in [0.15, 0.2) is 0 Å². The molecular formula is C6H13N3. The van der Waals surface area contributed by atoms with Crippen molar-refractivity contribution >= 4 is 0 Å². The summed E-state index contributed by atoms with van der Waals surface area (Å²) < 4.78 is 1.94. The van der Waals surface area contributed by atoms with Gasteiger partial charge in [0.05, 0.1) is 0 Å². The second kappa shape index (κ2) is 2.62. The quantitative estimate of drug-likeness (QED) is 0.522. The number of aryl methyl sites for hydroxylation is 2. The largest absolute Gasteiger partial charge is 0.319 e. The molecule has 0 bridgehead atoms. The normalized spacial score (nSPS) is 8.78. The van der Waals surface area contributed by atoms with Crippen LogP contribution in [0.5, 0.6) is 0 Å². The summed E-state index contributed by atoms with van der Waals surface area (Å²) in [6, 6.07) is 0. The van der Waals surface area contributed by atoms with E-state index in [1.807, 2.05) is 25.5 Å². The highest BCUT2D eigenvalue weighted by molar-refractivity contribution is 4.88. The minimum absolute atomic E-state index is 0. The van der Waals surface area contributed by atoms with Crippen LogP contribution >= 0.6 is 0 Å². The molecule has 3 nitrogen and oxygen atoms in total. The zero-order chi connectivity index (χ0) is 6.15. The first-order valence-corrected chi connectivity index (χ1v) is 2.54. The van der Waals surface area contributed by atoms with E-state index in [-0.39, 0.29) is 7.43 Å². The first-order valence-electron chi connectivity index (χ1n) is 2.54. The van der Waals surface area contributed by atoms with Crippen molar-refractivity contribution in [2.45, 2.75) is 21.3 Å². The van der Waals surface area contributed by atoms with Crippen LogP contribution in [0.25, 0.3) is 0 Å². The Kier molecular flexibility index (Phi) is 2.37. The smallest absolute Gasteiger partial charge is 0.129 e. The van der Waals surface area contributed by atoms with E-state index in [4.69, 9.17) is 0 Å². The Balaban J connectivity index is 0.000000640. The Labute approximate surface area is 55.7 Å². The molecule has 0 spiro atoms. The second-order valence-electron chi connectivity index (χ2n) is 1.85. The average Bonchev–Trinajstić information content (AvgIpc) is 1.98. The van der Waals surface area contributed by atoms with Crippen molar-refractivity contribution in [1.29, 1.82) is 0 Å². The molecule has 0 fully saturated rings. The third-order valence-corrected chi connectivity index (χ3v) is 1.31. The van der Waals surface area contributed by atoms with Crippen molar-refractivity contribution in [3.8, 4) is 0 Å². The summed E-state index contributed by atoms with van der Waals surface area (Å²) in [4.78, 5) is 0. The lowest BCUT2D eigenvalue weighted by atomic mass is 10.6. The summed E-state index contributed by atoms with van der Waals surface area (Å²) in [5.41, 5.74) is 0. The van der Waals surface area contributed by atoms with Gasteiger partial charge in [0.15, 0.2) is 0 Å². The van der Waals surface area contributed by atoms with E-state index in [9.17, 15) is 0 Å². The molecule has 0 aliphatic rings. The number of rotatable bonds is 0. The lowest BCUT2D eigenvalue weighted by Gasteiger charge is -1.90. The molecule has 1 rings (SSSR count). The molecule has 0 aliphatic carbocycles. The van der Waals surface area contributed by atoms with E-state index in [2.05, 4.69) is 10.2 Å². The van der Waals surface area contributed by atoms with Crippen LogP contribution in [-0.4, -0.2) is 14.8 Å². The van der Waals surface area contributed by atoms with Crippen molar-refractivity contribution in [2.75, 3.05) is 0 Å². The summed E-state index contributed by atoms with van der Waals surface area (Å²) in [7, 11) is 1.95. The summed E-state index contributed by atoms with van der Waals surface area (Å²) in [6.45, 7) is 3.86. The lowest BCUT2D eigenvalue weighted by Crippen LogP contribution is -1.92. The van der Waals surface area contributed by atoms with Crippen molar-refractivity contribution < 1.29 is 0 Å². The molecule has 3 heteroatoms. The van der Waals surface area contributed by atoms with Gasteiger partial charge < -0.3 is 4.57 Å². The molecule has 1 aromatic rings. The van der Waals surface area contributed by atoms with Crippen molar-refractivity contribution in [2.24, 2.45) is 7.05 Å². The van der Waals surface area contributed by atoms with E-state index in [0.717, 1.165) is 11.6 Å². The van der Waals surface area contributed by atoms with Crippen LogP contribution in [0.2, 0.25) is 0 Å². The number of aromatic nitrogens is 3. The second-order valence-corrected chi connectivity index (χ2v) is 1.85. The van der Waals surface area contributed by atoms with E-state index in [1.54, 1.807) is 0 Å². The first-order chi connectivity index (χ1) is 3.72. The lowest BCUT2D eigenvalue weighted by molar-refractivity contribution is 0.823. The zero-order valence-corrected chi connectivity index (χ0v) is 5.34. The summed E-state index contributed by atoms with van der Waals surface area (Å²) >= 11 is 0. The van der Waals surface area contributed by atoms with E-state index in [1.165, 1.54) is 0 Å². The van der Waals surface area contributed by atoms with Crippen molar-refractivity contribution in [1.82, 2.24) is 14.8 Å². The van der Waals surface area contributed by atoms with Gasteiger partial charge in [0.1, 0.15) is 11.6 Å². The minimum Gasteiger partial charge on any atom is -0.319 e. The maximum Gasteiger partial charge on any atom is 0.129 e. The Hall–Kier alpha value is -0.860. The van der Waals surface area contributed by atoms with Gasteiger partial charge in [0, 0.05) is 7.05 Å². The molecule has 1 aromatic heterocycles. The molecule has 0 aromatic carbocycles. The Morgan fingerprint density at radius 3 is 1.56 bits per heavy atom. The summed E-state index contributed by atoms with van der Waals surface area (Å²) in [6.07, 6.45) is 0. The van der Waals surface area contributed by atoms with E-state index in [0.29, 0.717) is 0 Å². The monoisotopic (exact) mass is 127 g/mol. The SMILES string of the molecule is C.Cc1nnc(C)n1C. The first kappa shape index (κ1) is 8.14. The zero-order valence-electron chi connectivity index (χ0n) is 5.34. The predicted octanol–water partition coefficient (Wildman–Crippen LogP) is 1.07. The highest BCUT2D eigenvalue weighted by Gasteiger charge is 1.94. The van der Waals surface area contributed by atoms with Gasteiger partial charge in [-0.05, 0) is 13.8 Å². The molecule has 0 N–H and O–H groups in total. The minimum atomic E-state index is 0. The van der Waals surface area contributed by atoms with Crippen LogP contribution in [0.4, 0.5) is 0 Å². The van der Waals surface area contributed by atoms with Gasteiger partial charge in [-0.25, -0.2) is 0 Å². The number of hydrogen-bond acceptors (Lipinski definition) is 2. The summed E-state index contributed by atoms with van der Waals surface area (Å²) in [5.74, 6) is 1.92. The van der Waals surface area contributed by atoms with Gasteiger partial charge in [-0.1, -0.05) is 7.43 Å². The highest BCUT2D eigenvalue weighted by Crippen LogP contribution is 1.92. The van der Waals surface area contributed by atoms with Crippen LogP contribution in [0.1, 0.15) is 19.1 Å². The summed E-state index contributed by atoms with van der Waals surface area (Å²) in [5, 5.41) is 7.66. The predicted molar refractivity (Wildman–Crippen MR) is 37.2 cm³/mol. The fraction of sp³-hybridized carbons (Fsp3) is 0.667. The fourth-order valence-electron chi connectivity index (χ4n) is 0.513. The Morgan fingerprint density at radius 2 is 1.44 bits per heavy atom. The molecule has 0 saturated carbocycles. The molecule has 0 unspecified atom stereocenters. The van der Waals surface area contributed by atoms with Gasteiger partial charge in [-0.15, -0.1) is 10.2 Å². The molecule has 9 heavy (non-hydrogen) atoms. The number of nitrogens with zero attached hydrogens (tertiary/aromatic N) is 3. The molecular weight excluding hydrogens is 114 g/mol. The maximum atomic E-state index is 3.83. The van der Waals surface area contributed by atoms with Gasteiger partial charge in [-0.2, -0.15) is 0 Å². The Morgan fingerprint density at radius 1 is 1.11 bits per heavy atom. The Bertz CT molecular complexity index is 171. The third kappa shape index (κ3) is 1.28. The number of hydrogen-bond donors (Lipinski definition) is 0. The van der Waals surface area contributed by atoms with Gasteiger partial charge >= 0.3 is 0 Å². The molecule has 0 saturated heterocycles. The fourth-order valence-corrected chi connectivity index (χ4v) is 0.513. The van der Waals surface area contributed by atoms with Crippen molar-refractivity contribution in [3.63, 3.8) is 0 Å². The molecule has 0 radical (unpaired) electrons. The standard InChI is InChI=1S/C5H9N3.CH4/c1-4-6-7-5(2)8(4)3;/h1-3H3;1H4. The van der Waals surface area contributed by atoms with Crippen molar-refractivity contribution in [3.05, 3.63) is 11.6 Å². The molecule has 0 amide bonds. The van der Waals surface area contributed by atoms with Crippen LogP contribution in [-0.2, 0) is 7.05 Å². The van der Waals surface area contributed by atoms with Crippen LogP contribution in [0, 0.1) is 13.8 Å². The molecule has 52 valence electrons. The van der Waals surface area contributed by atoms with Gasteiger partial charge in [-0.3, -0.25) is 0 Å². The van der Waals surface area contributed by atoms with E-state index >= 15 is 0 Å². The van der Waals surface area contributed by atoms with Crippen LogP contribution in [0.3, 0.4) is 0 Å². The van der Waals surface area contributed by atoms with Gasteiger partial charge in [0.25, 0.3) is 0 Å². The highest BCUT2D eigenvalue weighted by atomic mass is 15.3. The molecule has 0 atom stereocenters. The molecule has 0 aliphatic heterocycles.